The molecule has 1 saturated heterocycles. The number of hydrogen-bond acceptors (Lipinski definition) is 5. The van der Waals surface area contributed by atoms with Crippen LogP contribution in [0.25, 0.3) is 0 Å². The van der Waals surface area contributed by atoms with Gasteiger partial charge in [0.2, 0.25) is 0 Å². The van der Waals surface area contributed by atoms with E-state index in [1.165, 1.54) is 0 Å². The Labute approximate surface area is 193 Å². The first-order valence-corrected chi connectivity index (χ1v) is 10.7. The first-order chi connectivity index (χ1) is 13.7. The van der Waals surface area contributed by atoms with Crippen LogP contribution in [0.5, 0.6) is 0 Å². The lowest BCUT2D eigenvalue weighted by Crippen LogP contribution is -2.41. The molecule has 8 heteroatoms. The number of morpholine rings is 1. The number of nitrogens with one attached hydrogen (secondary N) is 2. The van der Waals surface area contributed by atoms with E-state index in [9.17, 15) is 0 Å². The fraction of sp³-hybridized carbons (Fsp3) is 0.762. The van der Waals surface area contributed by atoms with Crippen molar-refractivity contribution in [3.05, 3.63) is 24.2 Å². The molecule has 0 spiro atoms. The summed E-state index contributed by atoms with van der Waals surface area (Å²) in [4.78, 5) is 7.15. The standard InChI is InChI=1S/C21H38N4O3.HI/c1-19(2)18-27-14-5-9-23-21(24-10-7-20-6-3-15-28-20)22-8-4-11-25-12-16-26-17-13-25;/h3,6,15,19H,4-5,7-14,16-18H2,1-2H3,(H2,22,23,24);1H. The van der Waals surface area contributed by atoms with Gasteiger partial charge in [-0.05, 0) is 37.4 Å². The van der Waals surface area contributed by atoms with Crippen molar-refractivity contribution in [2.75, 3.05) is 65.7 Å². The summed E-state index contributed by atoms with van der Waals surface area (Å²) in [6.45, 7) is 13.3. The molecule has 0 radical (unpaired) electrons. The molecule has 0 amide bonds. The molecule has 0 saturated carbocycles. The summed E-state index contributed by atoms with van der Waals surface area (Å²) in [5.74, 6) is 2.44. The van der Waals surface area contributed by atoms with Crippen molar-refractivity contribution in [1.29, 1.82) is 0 Å². The van der Waals surface area contributed by atoms with Gasteiger partial charge < -0.3 is 24.5 Å². The molecule has 1 aliphatic heterocycles. The molecule has 0 aliphatic carbocycles. The Morgan fingerprint density at radius 2 is 2.00 bits per heavy atom. The van der Waals surface area contributed by atoms with Crippen LogP contribution in [0.2, 0.25) is 0 Å². The van der Waals surface area contributed by atoms with Gasteiger partial charge in [-0.25, -0.2) is 0 Å². The predicted octanol–water partition coefficient (Wildman–Crippen LogP) is 2.76. The van der Waals surface area contributed by atoms with Crippen molar-refractivity contribution in [2.24, 2.45) is 10.9 Å². The molecule has 7 nitrogen and oxygen atoms in total. The van der Waals surface area contributed by atoms with Gasteiger partial charge in [-0.3, -0.25) is 9.89 Å². The van der Waals surface area contributed by atoms with Crippen LogP contribution in [0.3, 0.4) is 0 Å². The monoisotopic (exact) mass is 522 g/mol. The molecule has 0 bridgehead atoms. The largest absolute Gasteiger partial charge is 0.469 e. The van der Waals surface area contributed by atoms with Crippen molar-refractivity contribution in [1.82, 2.24) is 15.5 Å². The van der Waals surface area contributed by atoms with E-state index in [1.54, 1.807) is 6.26 Å². The molecule has 29 heavy (non-hydrogen) atoms. The van der Waals surface area contributed by atoms with Crippen molar-refractivity contribution in [2.45, 2.75) is 33.1 Å². The van der Waals surface area contributed by atoms with Crippen LogP contribution in [0, 0.1) is 5.92 Å². The van der Waals surface area contributed by atoms with Gasteiger partial charge in [0.15, 0.2) is 5.96 Å². The Morgan fingerprint density at radius 3 is 2.72 bits per heavy atom. The van der Waals surface area contributed by atoms with Gasteiger partial charge >= 0.3 is 0 Å². The van der Waals surface area contributed by atoms with Gasteiger partial charge in [-0.1, -0.05) is 13.8 Å². The van der Waals surface area contributed by atoms with E-state index in [0.717, 1.165) is 96.7 Å². The molecule has 0 atom stereocenters. The third-order valence-corrected chi connectivity index (χ3v) is 4.46. The smallest absolute Gasteiger partial charge is 0.191 e. The van der Waals surface area contributed by atoms with E-state index < -0.39 is 0 Å². The van der Waals surface area contributed by atoms with E-state index in [-0.39, 0.29) is 24.0 Å². The molecular weight excluding hydrogens is 483 g/mol. The first-order valence-electron chi connectivity index (χ1n) is 10.7. The van der Waals surface area contributed by atoms with Gasteiger partial charge in [-0.2, -0.15) is 0 Å². The van der Waals surface area contributed by atoms with Gasteiger partial charge in [0.1, 0.15) is 5.76 Å². The Hall–Kier alpha value is -0.840. The predicted molar refractivity (Wildman–Crippen MR) is 128 cm³/mol. The third kappa shape index (κ3) is 13.1. The fourth-order valence-corrected chi connectivity index (χ4v) is 2.94. The normalized spacial score (nSPS) is 15.3. The third-order valence-electron chi connectivity index (χ3n) is 4.46. The first kappa shape index (κ1) is 26.2. The molecule has 1 fully saturated rings. The lowest BCUT2D eigenvalue weighted by atomic mass is 10.2. The lowest BCUT2D eigenvalue weighted by molar-refractivity contribution is 0.0376. The molecule has 168 valence electrons. The zero-order valence-electron chi connectivity index (χ0n) is 18.0. The molecule has 2 heterocycles. The number of halogens is 1. The highest BCUT2D eigenvalue weighted by Gasteiger charge is 2.09. The summed E-state index contributed by atoms with van der Waals surface area (Å²) in [5.41, 5.74) is 0. The minimum atomic E-state index is 0. The summed E-state index contributed by atoms with van der Waals surface area (Å²) in [6.07, 6.45) is 4.59. The molecule has 1 aromatic heterocycles. The van der Waals surface area contributed by atoms with Crippen LogP contribution in [-0.2, 0) is 15.9 Å². The highest BCUT2D eigenvalue weighted by Crippen LogP contribution is 2.00. The summed E-state index contributed by atoms with van der Waals surface area (Å²) < 4.78 is 16.4. The average Bonchev–Trinajstić information content (AvgIpc) is 3.21. The van der Waals surface area contributed by atoms with Crippen molar-refractivity contribution in [3.8, 4) is 0 Å². The Kier molecular flexibility index (Phi) is 15.3. The maximum absolute atomic E-state index is 5.63. The Balaban J connectivity index is 0.00000420. The van der Waals surface area contributed by atoms with Crippen LogP contribution >= 0.6 is 24.0 Å². The number of ether oxygens (including phenoxy) is 2. The number of aliphatic imine (C=N–C) groups is 1. The Morgan fingerprint density at radius 1 is 1.21 bits per heavy atom. The number of hydrogen-bond donors (Lipinski definition) is 2. The minimum absolute atomic E-state index is 0. The van der Waals surface area contributed by atoms with E-state index in [4.69, 9.17) is 18.9 Å². The molecule has 2 N–H and O–H groups in total. The molecular formula is C21H39IN4O3. The molecule has 1 aliphatic rings. The number of nitrogens with zero attached hydrogens (tertiary/aromatic N) is 2. The zero-order valence-corrected chi connectivity index (χ0v) is 20.4. The van der Waals surface area contributed by atoms with Crippen LogP contribution in [0.4, 0.5) is 0 Å². The second-order valence-electron chi connectivity index (χ2n) is 7.54. The molecule has 0 unspecified atom stereocenters. The molecule has 0 aromatic carbocycles. The molecule has 2 rings (SSSR count). The summed E-state index contributed by atoms with van der Waals surface area (Å²) in [6, 6.07) is 3.92. The topological polar surface area (TPSA) is 71.3 Å². The SMILES string of the molecule is CC(C)COCCCN=C(NCCCN1CCOCC1)NCCc1ccco1.I. The van der Waals surface area contributed by atoms with Crippen molar-refractivity contribution >= 4 is 29.9 Å². The van der Waals surface area contributed by atoms with Crippen LogP contribution < -0.4 is 10.6 Å². The van der Waals surface area contributed by atoms with Gasteiger partial charge in [-0.15, -0.1) is 24.0 Å². The van der Waals surface area contributed by atoms with E-state index in [1.807, 2.05) is 12.1 Å². The number of rotatable bonds is 13. The number of furan rings is 1. The van der Waals surface area contributed by atoms with E-state index in [2.05, 4.69) is 29.4 Å². The van der Waals surface area contributed by atoms with Crippen LogP contribution in [0.1, 0.15) is 32.4 Å². The Bertz CT molecular complexity index is 520. The van der Waals surface area contributed by atoms with Gasteiger partial charge in [0.25, 0.3) is 0 Å². The van der Waals surface area contributed by atoms with Crippen LogP contribution in [-0.4, -0.2) is 76.6 Å². The summed E-state index contributed by atoms with van der Waals surface area (Å²) >= 11 is 0. The highest BCUT2D eigenvalue weighted by atomic mass is 127. The second-order valence-corrected chi connectivity index (χ2v) is 7.54. The van der Waals surface area contributed by atoms with Gasteiger partial charge in [0, 0.05) is 52.4 Å². The second kappa shape index (κ2) is 16.9. The van der Waals surface area contributed by atoms with Crippen molar-refractivity contribution < 1.29 is 13.9 Å². The van der Waals surface area contributed by atoms with Crippen molar-refractivity contribution in [3.63, 3.8) is 0 Å². The maximum atomic E-state index is 5.63. The van der Waals surface area contributed by atoms with Crippen LogP contribution in [0.15, 0.2) is 27.8 Å². The van der Waals surface area contributed by atoms with Gasteiger partial charge in [0.05, 0.1) is 19.5 Å². The quantitative estimate of drug-likeness (QED) is 0.180. The molecule has 1 aromatic rings. The summed E-state index contributed by atoms with van der Waals surface area (Å²) in [7, 11) is 0. The number of guanidine groups is 1. The minimum Gasteiger partial charge on any atom is -0.469 e. The fourth-order valence-electron chi connectivity index (χ4n) is 2.94. The lowest BCUT2D eigenvalue weighted by Gasteiger charge is -2.26. The highest BCUT2D eigenvalue weighted by molar-refractivity contribution is 14.0. The van der Waals surface area contributed by atoms with E-state index >= 15 is 0 Å². The average molecular weight is 522 g/mol. The zero-order chi connectivity index (χ0) is 19.9. The summed E-state index contributed by atoms with van der Waals surface area (Å²) in [5, 5.41) is 6.87. The maximum Gasteiger partial charge on any atom is 0.191 e. The van der Waals surface area contributed by atoms with E-state index in [0.29, 0.717) is 5.92 Å².